The van der Waals surface area contributed by atoms with Gasteiger partial charge in [0.25, 0.3) is 10.0 Å². The van der Waals surface area contributed by atoms with Crippen LogP contribution in [0.25, 0.3) is 0 Å². The van der Waals surface area contributed by atoms with Crippen molar-refractivity contribution in [2.24, 2.45) is 0 Å². The minimum atomic E-state index is -4.31. The summed E-state index contributed by atoms with van der Waals surface area (Å²) in [4.78, 5) is -0.764. The van der Waals surface area contributed by atoms with Crippen molar-refractivity contribution in [2.45, 2.75) is 4.90 Å². The molecular weight excluding hydrogens is 300 g/mol. The minimum Gasteiger partial charge on any atom is -0.394 e. The molecule has 112 valence electrons. The van der Waals surface area contributed by atoms with Gasteiger partial charge in [-0.1, -0.05) is 18.2 Å². The fourth-order valence-electron chi connectivity index (χ4n) is 1.87. The molecular formula is C14H13F2NO3S. The van der Waals surface area contributed by atoms with E-state index in [0.717, 1.165) is 16.4 Å². The molecule has 7 heteroatoms. The lowest BCUT2D eigenvalue weighted by molar-refractivity contribution is 0.306. The predicted molar refractivity (Wildman–Crippen MR) is 74.4 cm³/mol. The lowest BCUT2D eigenvalue weighted by Crippen LogP contribution is -2.34. The third kappa shape index (κ3) is 3.20. The third-order valence-corrected chi connectivity index (χ3v) is 4.65. The summed E-state index contributed by atoms with van der Waals surface area (Å²) >= 11 is 0. The zero-order chi connectivity index (χ0) is 15.5. The molecule has 4 nitrogen and oxygen atoms in total. The number of benzene rings is 2. The molecule has 0 saturated carbocycles. The summed E-state index contributed by atoms with van der Waals surface area (Å²) in [6.07, 6.45) is 0. The molecule has 2 aromatic carbocycles. The summed E-state index contributed by atoms with van der Waals surface area (Å²) in [6, 6.07) is 10.1. The molecule has 0 heterocycles. The number of rotatable bonds is 5. The molecule has 0 aliphatic carbocycles. The molecule has 0 fully saturated rings. The van der Waals surface area contributed by atoms with E-state index >= 15 is 0 Å². The van der Waals surface area contributed by atoms with Crippen molar-refractivity contribution in [1.29, 1.82) is 0 Å². The van der Waals surface area contributed by atoms with Crippen LogP contribution in [0.4, 0.5) is 14.5 Å². The third-order valence-electron chi connectivity index (χ3n) is 2.81. The van der Waals surface area contributed by atoms with E-state index in [1.807, 2.05) is 0 Å². The molecule has 0 radical (unpaired) electrons. The first-order valence-corrected chi connectivity index (χ1v) is 7.54. The maximum Gasteiger partial charge on any atom is 0.267 e. The highest BCUT2D eigenvalue weighted by Gasteiger charge is 2.28. The smallest absolute Gasteiger partial charge is 0.267 e. The van der Waals surface area contributed by atoms with E-state index in [1.54, 1.807) is 18.2 Å². The maximum atomic E-state index is 13.7. The number of para-hydroxylation sites is 1. The molecule has 2 aromatic rings. The summed E-state index contributed by atoms with van der Waals surface area (Å²) < 4.78 is 52.8. The molecule has 0 aliphatic heterocycles. The van der Waals surface area contributed by atoms with Gasteiger partial charge in [-0.05, 0) is 30.3 Å². The van der Waals surface area contributed by atoms with Gasteiger partial charge in [-0.25, -0.2) is 17.2 Å². The molecule has 0 unspecified atom stereocenters. The second kappa shape index (κ2) is 6.19. The van der Waals surface area contributed by atoms with Gasteiger partial charge in [0, 0.05) is 0 Å². The zero-order valence-electron chi connectivity index (χ0n) is 10.9. The van der Waals surface area contributed by atoms with Crippen LogP contribution in [0.5, 0.6) is 0 Å². The van der Waals surface area contributed by atoms with Crippen LogP contribution in [0.15, 0.2) is 53.4 Å². The maximum absolute atomic E-state index is 13.7. The molecule has 21 heavy (non-hydrogen) atoms. The second-order valence-electron chi connectivity index (χ2n) is 4.21. The van der Waals surface area contributed by atoms with Crippen molar-refractivity contribution >= 4 is 15.7 Å². The lowest BCUT2D eigenvalue weighted by atomic mass is 10.3. The van der Waals surface area contributed by atoms with Gasteiger partial charge in [0.1, 0.15) is 16.5 Å². The fourth-order valence-corrected chi connectivity index (χ4v) is 3.40. The highest BCUT2D eigenvalue weighted by molar-refractivity contribution is 7.92. The number of sulfonamides is 1. The topological polar surface area (TPSA) is 57.6 Å². The first-order chi connectivity index (χ1) is 9.96. The van der Waals surface area contributed by atoms with Crippen molar-refractivity contribution in [2.75, 3.05) is 17.5 Å². The Bertz CT molecular complexity index is 720. The monoisotopic (exact) mass is 313 g/mol. The van der Waals surface area contributed by atoms with Crippen molar-refractivity contribution in [1.82, 2.24) is 0 Å². The van der Waals surface area contributed by atoms with Crippen LogP contribution in [0.1, 0.15) is 0 Å². The number of nitrogens with zero attached hydrogens (tertiary/aromatic N) is 1. The van der Waals surface area contributed by atoms with E-state index in [-0.39, 0.29) is 12.2 Å². The SMILES string of the molecule is O=S(=O)(c1cc(F)ccc1F)N(CCO)c1ccccc1. The van der Waals surface area contributed by atoms with E-state index < -0.39 is 33.2 Å². The van der Waals surface area contributed by atoms with E-state index in [1.165, 1.54) is 12.1 Å². The number of aliphatic hydroxyl groups is 1. The molecule has 2 rings (SSSR count). The Labute approximate surface area is 121 Å². The number of halogens is 2. The van der Waals surface area contributed by atoms with Gasteiger partial charge in [0.2, 0.25) is 0 Å². The molecule has 0 aliphatic rings. The summed E-state index contributed by atoms with van der Waals surface area (Å²) in [5.74, 6) is -1.90. The van der Waals surface area contributed by atoms with E-state index in [9.17, 15) is 17.2 Å². The van der Waals surface area contributed by atoms with Crippen LogP contribution in [-0.4, -0.2) is 26.7 Å². The molecule has 0 saturated heterocycles. The Morgan fingerprint density at radius 2 is 1.71 bits per heavy atom. The van der Waals surface area contributed by atoms with Crippen LogP contribution >= 0.6 is 0 Å². The second-order valence-corrected chi connectivity index (χ2v) is 6.04. The van der Waals surface area contributed by atoms with Crippen molar-refractivity contribution in [3.05, 3.63) is 60.2 Å². The van der Waals surface area contributed by atoms with Crippen molar-refractivity contribution in [3.63, 3.8) is 0 Å². The average molecular weight is 313 g/mol. The normalized spacial score (nSPS) is 11.4. The van der Waals surface area contributed by atoms with Crippen LogP contribution in [-0.2, 0) is 10.0 Å². The minimum absolute atomic E-state index is 0.259. The summed E-state index contributed by atoms with van der Waals surface area (Å²) in [5, 5.41) is 9.06. The Kier molecular flexibility index (Phi) is 4.54. The molecule has 0 aromatic heterocycles. The molecule has 1 N–H and O–H groups in total. The Morgan fingerprint density at radius 1 is 1.05 bits per heavy atom. The van der Waals surface area contributed by atoms with Gasteiger partial charge in [-0.15, -0.1) is 0 Å². The largest absolute Gasteiger partial charge is 0.394 e. The number of hydrogen-bond acceptors (Lipinski definition) is 3. The number of anilines is 1. The number of hydrogen-bond donors (Lipinski definition) is 1. The molecule has 0 amide bonds. The van der Waals surface area contributed by atoms with E-state index in [2.05, 4.69) is 0 Å². The molecule has 0 spiro atoms. The standard InChI is InChI=1S/C14H13F2NO3S/c15-11-6-7-13(16)14(10-11)21(19,20)17(8-9-18)12-4-2-1-3-5-12/h1-7,10,18H,8-9H2. The van der Waals surface area contributed by atoms with E-state index in [0.29, 0.717) is 6.07 Å². The van der Waals surface area contributed by atoms with Gasteiger partial charge < -0.3 is 5.11 Å². The van der Waals surface area contributed by atoms with Crippen LogP contribution in [0.2, 0.25) is 0 Å². The Morgan fingerprint density at radius 3 is 2.33 bits per heavy atom. The Hall–Kier alpha value is -1.99. The highest BCUT2D eigenvalue weighted by atomic mass is 32.2. The number of aliphatic hydroxyl groups excluding tert-OH is 1. The van der Waals surface area contributed by atoms with Gasteiger partial charge in [0.05, 0.1) is 18.8 Å². The molecule has 0 atom stereocenters. The summed E-state index contributed by atoms with van der Waals surface area (Å²) in [5.41, 5.74) is 0.259. The summed E-state index contributed by atoms with van der Waals surface area (Å²) in [7, 11) is -4.31. The van der Waals surface area contributed by atoms with Gasteiger partial charge in [0.15, 0.2) is 0 Å². The highest BCUT2D eigenvalue weighted by Crippen LogP contribution is 2.25. The van der Waals surface area contributed by atoms with Gasteiger partial charge >= 0.3 is 0 Å². The predicted octanol–water partition coefficient (Wildman–Crippen LogP) is 2.15. The van der Waals surface area contributed by atoms with Crippen molar-refractivity contribution < 1.29 is 22.3 Å². The fraction of sp³-hybridized carbons (Fsp3) is 0.143. The van der Waals surface area contributed by atoms with Gasteiger partial charge in [-0.2, -0.15) is 0 Å². The van der Waals surface area contributed by atoms with Crippen LogP contribution in [0.3, 0.4) is 0 Å². The van der Waals surface area contributed by atoms with E-state index in [4.69, 9.17) is 5.11 Å². The zero-order valence-corrected chi connectivity index (χ0v) is 11.7. The summed E-state index contributed by atoms with van der Waals surface area (Å²) in [6.45, 7) is -0.715. The molecule has 0 bridgehead atoms. The first kappa shape index (κ1) is 15.4. The van der Waals surface area contributed by atoms with Crippen LogP contribution < -0.4 is 4.31 Å². The average Bonchev–Trinajstić information content (AvgIpc) is 2.48. The quantitative estimate of drug-likeness (QED) is 0.920. The first-order valence-electron chi connectivity index (χ1n) is 6.10. The van der Waals surface area contributed by atoms with Gasteiger partial charge in [-0.3, -0.25) is 4.31 Å². The lowest BCUT2D eigenvalue weighted by Gasteiger charge is -2.23. The van der Waals surface area contributed by atoms with Crippen molar-refractivity contribution in [3.8, 4) is 0 Å². The Balaban J connectivity index is 2.55. The van der Waals surface area contributed by atoms with Crippen LogP contribution in [0, 0.1) is 11.6 Å².